The number of rotatable bonds is 11. The fourth-order valence-electron chi connectivity index (χ4n) is 4.33. The molecule has 0 saturated carbocycles. The SMILES string of the molecule is COCCN(CCN1C(=O)c2ccccc2C1=O)c1ccc(/N=N/c2c(C#N)cc([N+](=O)[O-])cc2[N+](=O)[O-])c(C)c1. The second-order valence-electron chi connectivity index (χ2n) is 8.95. The number of nitrogens with zero attached hydrogens (tertiary/aromatic N) is 7. The molecule has 0 bridgehead atoms. The second kappa shape index (κ2) is 12.1. The number of anilines is 1. The van der Waals surface area contributed by atoms with Crippen LogP contribution in [0.2, 0.25) is 0 Å². The number of amides is 2. The van der Waals surface area contributed by atoms with Crippen molar-refractivity contribution in [3.05, 3.63) is 97.1 Å². The van der Waals surface area contributed by atoms with Gasteiger partial charge >= 0.3 is 5.69 Å². The van der Waals surface area contributed by atoms with Crippen molar-refractivity contribution >= 4 is 40.3 Å². The van der Waals surface area contributed by atoms with E-state index in [1.54, 1.807) is 62.6 Å². The largest absolute Gasteiger partial charge is 0.383 e. The van der Waals surface area contributed by atoms with E-state index >= 15 is 0 Å². The zero-order valence-corrected chi connectivity index (χ0v) is 22.0. The van der Waals surface area contributed by atoms with Gasteiger partial charge in [0.2, 0.25) is 0 Å². The molecule has 2 amide bonds. The maximum absolute atomic E-state index is 12.8. The van der Waals surface area contributed by atoms with Crippen LogP contribution in [0.5, 0.6) is 0 Å². The van der Waals surface area contributed by atoms with Crippen LogP contribution in [-0.4, -0.2) is 59.9 Å². The number of carbonyl (C=O) groups excluding carboxylic acids is 2. The number of nitro groups is 2. The molecular weight excluding hydrogens is 534 g/mol. The molecule has 3 aromatic carbocycles. The Bertz CT molecular complexity index is 1600. The number of hydrogen-bond acceptors (Lipinski definition) is 11. The number of nitro benzene ring substituents is 2. The Morgan fingerprint density at radius 2 is 1.66 bits per heavy atom. The molecule has 0 radical (unpaired) electrons. The maximum Gasteiger partial charge on any atom is 0.304 e. The Balaban J connectivity index is 1.57. The van der Waals surface area contributed by atoms with Gasteiger partial charge in [-0.2, -0.15) is 5.26 Å². The highest BCUT2D eigenvalue weighted by molar-refractivity contribution is 6.21. The van der Waals surface area contributed by atoms with E-state index in [0.29, 0.717) is 42.1 Å². The van der Waals surface area contributed by atoms with Gasteiger partial charge in [-0.15, -0.1) is 10.2 Å². The van der Waals surface area contributed by atoms with Crippen LogP contribution in [0.15, 0.2) is 64.8 Å². The number of aryl methyl sites for hydroxylation is 1. The molecule has 3 aromatic rings. The third-order valence-corrected chi connectivity index (χ3v) is 6.44. The van der Waals surface area contributed by atoms with E-state index in [9.17, 15) is 35.1 Å². The predicted molar refractivity (Wildman–Crippen MR) is 146 cm³/mol. The number of benzene rings is 3. The Hall–Kier alpha value is -5.55. The molecule has 1 heterocycles. The number of non-ortho nitro benzene ring substituents is 1. The van der Waals surface area contributed by atoms with Crippen molar-refractivity contribution in [2.45, 2.75) is 6.92 Å². The smallest absolute Gasteiger partial charge is 0.304 e. The summed E-state index contributed by atoms with van der Waals surface area (Å²) < 4.78 is 5.23. The van der Waals surface area contributed by atoms with Crippen LogP contribution < -0.4 is 4.90 Å². The maximum atomic E-state index is 12.8. The number of methoxy groups -OCH3 is 1. The minimum absolute atomic E-state index is 0.150. The topological polar surface area (TPSA) is 185 Å². The summed E-state index contributed by atoms with van der Waals surface area (Å²) in [6.07, 6.45) is 0. The van der Waals surface area contributed by atoms with Gasteiger partial charge in [0.15, 0.2) is 5.69 Å². The Morgan fingerprint density at radius 1 is 0.976 bits per heavy atom. The quantitative estimate of drug-likeness (QED) is 0.138. The third-order valence-electron chi connectivity index (χ3n) is 6.44. The van der Waals surface area contributed by atoms with E-state index in [1.807, 2.05) is 4.90 Å². The lowest BCUT2D eigenvalue weighted by molar-refractivity contribution is -0.393. The second-order valence-corrected chi connectivity index (χ2v) is 8.95. The van der Waals surface area contributed by atoms with Crippen LogP contribution >= 0.6 is 0 Å². The fraction of sp³-hybridized carbons (Fsp3) is 0.222. The summed E-state index contributed by atoms with van der Waals surface area (Å²) in [7, 11) is 1.56. The number of nitriles is 1. The van der Waals surface area contributed by atoms with E-state index in [-0.39, 0.29) is 23.9 Å². The van der Waals surface area contributed by atoms with Crippen LogP contribution in [-0.2, 0) is 4.74 Å². The van der Waals surface area contributed by atoms with Gasteiger partial charge in [-0.1, -0.05) is 12.1 Å². The highest BCUT2D eigenvalue weighted by Gasteiger charge is 2.35. The van der Waals surface area contributed by atoms with Gasteiger partial charge in [0.1, 0.15) is 6.07 Å². The average molecular weight is 558 g/mol. The zero-order chi connectivity index (χ0) is 29.7. The first-order chi connectivity index (χ1) is 19.7. The van der Waals surface area contributed by atoms with Crippen molar-refractivity contribution in [2.75, 3.05) is 38.3 Å². The summed E-state index contributed by atoms with van der Waals surface area (Å²) in [6, 6.07) is 15.1. The lowest BCUT2D eigenvalue weighted by atomic mass is 10.1. The summed E-state index contributed by atoms with van der Waals surface area (Å²) in [6.45, 7) is 3.06. The monoisotopic (exact) mass is 557 g/mol. The molecule has 0 N–H and O–H groups in total. The molecule has 1 aliphatic rings. The Kier molecular flexibility index (Phi) is 8.40. The van der Waals surface area contributed by atoms with Crippen LogP contribution in [0.4, 0.5) is 28.4 Å². The molecule has 0 aliphatic carbocycles. The van der Waals surface area contributed by atoms with Gasteiger partial charge in [0.05, 0.1) is 44.9 Å². The molecule has 1 aliphatic heterocycles. The van der Waals surface area contributed by atoms with Crippen LogP contribution in [0, 0.1) is 38.5 Å². The molecule has 0 spiro atoms. The normalized spacial score (nSPS) is 12.5. The summed E-state index contributed by atoms with van der Waals surface area (Å²) in [5.41, 5.74) is 0.400. The van der Waals surface area contributed by atoms with Crippen molar-refractivity contribution in [1.82, 2.24) is 4.90 Å². The molecule has 0 saturated heterocycles. The molecule has 208 valence electrons. The van der Waals surface area contributed by atoms with E-state index < -0.39 is 26.9 Å². The van der Waals surface area contributed by atoms with Crippen molar-refractivity contribution in [3.8, 4) is 6.07 Å². The summed E-state index contributed by atoms with van der Waals surface area (Å²) >= 11 is 0. The van der Waals surface area contributed by atoms with Crippen LogP contribution in [0.25, 0.3) is 0 Å². The van der Waals surface area contributed by atoms with Gasteiger partial charge < -0.3 is 9.64 Å². The number of carbonyl (C=O) groups is 2. The molecular formula is C27H23N7O7. The van der Waals surface area contributed by atoms with Crippen LogP contribution in [0.3, 0.4) is 0 Å². The van der Waals surface area contributed by atoms with Crippen LogP contribution in [0.1, 0.15) is 31.8 Å². The summed E-state index contributed by atoms with van der Waals surface area (Å²) in [5, 5.41) is 40.0. The molecule has 0 aromatic heterocycles. The fourth-order valence-corrected chi connectivity index (χ4v) is 4.33. The number of imide groups is 1. The van der Waals surface area contributed by atoms with Crippen molar-refractivity contribution in [2.24, 2.45) is 10.2 Å². The van der Waals surface area contributed by atoms with Gasteiger partial charge in [-0.05, 0) is 42.8 Å². The first-order valence-electron chi connectivity index (χ1n) is 12.2. The number of fused-ring (bicyclic) bond motifs is 1. The van der Waals surface area contributed by atoms with E-state index in [4.69, 9.17) is 4.74 Å². The lowest BCUT2D eigenvalue weighted by Gasteiger charge is -2.27. The number of azo groups is 1. The minimum atomic E-state index is -0.861. The average Bonchev–Trinajstić information content (AvgIpc) is 3.20. The molecule has 41 heavy (non-hydrogen) atoms. The van der Waals surface area contributed by atoms with Crippen molar-refractivity contribution in [3.63, 3.8) is 0 Å². The molecule has 4 rings (SSSR count). The molecule has 0 fully saturated rings. The Labute approximate surface area is 233 Å². The number of ether oxygens (including phenoxy) is 1. The van der Waals surface area contributed by atoms with E-state index in [0.717, 1.165) is 17.8 Å². The molecule has 0 unspecified atom stereocenters. The summed E-state index contributed by atoms with van der Waals surface area (Å²) in [4.78, 5) is 49.6. The van der Waals surface area contributed by atoms with E-state index in [2.05, 4.69) is 10.2 Å². The molecule has 0 atom stereocenters. The zero-order valence-electron chi connectivity index (χ0n) is 22.0. The van der Waals surface area contributed by atoms with Gasteiger partial charge in [0, 0.05) is 38.5 Å². The summed E-state index contributed by atoms with van der Waals surface area (Å²) in [5.74, 6) is -0.692. The van der Waals surface area contributed by atoms with Crippen molar-refractivity contribution in [1.29, 1.82) is 5.26 Å². The standard InChI is InChI=1S/C27H23N7O7/c1-17-13-19(31(11-12-41-2)9-10-32-26(35)21-5-3-4-6-22(21)27(32)36)7-8-23(17)29-30-25-18(16-28)14-20(33(37)38)15-24(25)34(39)40/h3-8,13-15H,9-12H2,1-2H3/b30-29+. The Morgan fingerprint density at radius 3 is 2.22 bits per heavy atom. The highest BCUT2D eigenvalue weighted by Crippen LogP contribution is 2.37. The first kappa shape index (κ1) is 28.5. The first-order valence-corrected chi connectivity index (χ1v) is 12.2. The van der Waals surface area contributed by atoms with Gasteiger partial charge in [0.25, 0.3) is 17.5 Å². The molecule has 14 nitrogen and oxygen atoms in total. The minimum Gasteiger partial charge on any atom is -0.383 e. The van der Waals surface area contributed by atoms with Gasteiger partial charge in [-0.25, -0.2) is 0 Å². The lowest BCUT2D eigenvalue weighted by Crippen LogP contribution is -2.39. The highest BCUT2D eigenvalue weighted by atomic mass is 16.6. The van der Waals surface area contributed by atoms with Crippen molar-refractivity contribution < 1.29 is 24.2 Å². The molecule has 14 heteroatoms. The predicted octanol–water partition coefficient (Wildman–Crippen LogP) is 4.85. The third kappa shape index (κ3) is 5.89. The van der Waals surface area contributed by atoms with Gasteiger partial charge in [-0.3, -0.25) is 34.7 Å². The van der Waals surface area contributed by atoms with E-state index in [1.165, 1.54) is 4.90 Å². The number of hydrogen-bond donors (Lipinski definition) is 0.